The number of carbonyl (C=O) groups excluding carboxylic acids is 4. The van der Waals surface area contributed by atoms with Gasteiger partial charge in [0.05, 0.1) is 18.9 Å². The Labute approximate surface area is 189 Å². The minimum atomic E-state index is -1.23. The normalized spacial score (nSPS) is 17.1. The SMILES string of the molecule is NC(=O)NCCC[C@H](NC(=O)[C@@H]1CCCN1C(=O)CNC(=O)[C@@H](N)Cc1cnc[nH]1)C(=O)O. The van der Waals surface area contributed by atoms with Gasteiger partial charge in [-0.15, -0.1) is 0 Å². The van der Waals surface area contributed by atoms with E-state index < -0.39 is 47.8 Å². The van der Waals surface area contributed by atoms with Crippen LogP contribution in [-0.2, 0) is 25.6 Å². The summed E-state index contributed by atoms with van der Waals surface area (Å²) in [7, 11) is 0. The van der Waals surface area contributed by atoms with Crippen molar-refractivity contribution in [3.8, 4) is 0 Å². The average molecular weight is 466 g/mol. The molecule has 0 radical (unpaired) electrons. The maximum atomic E-state index is 12.7. The fraction of sp³-hybridized carbons (Fsp3) is 0.579. The summed E-state index contributed by atoms with van der Waals surface area (Å²) in [6.07, 6.45) is 4.54. The quantitative estimate of drug-likeness (QED) is 0.161. The average Bonchev–Trinajstić information content (AvgIpc) is 3.45. The number of carbonyl (C=O) groups is 5. The summed E-state index contributed by atoms with van der Waals surface area (Å²) in [5.41, 5.74) is 11.5. The maximum absolute atomic E-state index is 12.7. The van der Waals surface area contributed by atoms with Gasteiger partial charge in [0.25, 0.3) is 0 Å². The molecule has 33 heavy (non-hydrogen) atoms. The fourth-order valence-corrected chi connectivity index (χ4v) is 3.50. The number of H-pyrrole nitrogens is 1. The molecule has 2 rings (SSSR count). The highest BCUT2D eigenvalue weighted by atomic mass is 16.4. The van der Waals surface area contributed by atoms with Crippen LogP contribution in [0.3, 0.4) is 0 Å². The molecule has 1 aliphatic rings. The van der Waals surface area contributed by atoms with Gasteiger partial charge in [-0.3, -0.25) is 14.4 Å². The first kappa shape index (κ1) is 25.6. The number of rotatable bonds is 12. The summed E-state index contributed by atoms with van der Waals surface area (Å²) in [4.78, 5) is 67.6. The third kappa shape index (κ3) is 8.07. The zero-order chi connectivity index (χ0) is 24.4. The topological polar surface area (TPSA) is 226 Å². The van der Waals surface area contributed by atoms with Crippen LogP contribution < -0.4 is 27.4 Å². The number of hydrogen-bond acceptors (Lipinski definition) is 7. The lowest BCUT2D eigenvalue weighted by Gasteiger charge is -2.26. The third-order valence-electron chi connectivity index (χ3n) is 5.20. The molecule has 1 aromatic heterocycles. The van der Waals surface area contributed by atoms with Crippen molar-refractivity contribution in [3.05, 3.63) is 18.2 Å². The molecule has 0 aromatic carbocycles. The van der Waals surface area contributed by atoms with Gasteiger partial charge in [0, 0.05) is 31.4 Å². The second-order valence-corrected chi connectivity index (χ2v) is 7.68. The number of nitrogens with one attached hydrogen (secondary N) is 4. The number of aromatic amines is 1. The van der Waals surface area contributed by atoms with Crippen LogP contribution in [0.5, 0.6) is 0 Å². The number of imidazole rings is 1. The Bertz CT molecular complexity index is 845. The summed E-state index contributed by atoms with van der Waals surface area (Å²) in [5, 5.41) is 16.6. The van der Waals surface area contributed by atoms with Gasteiger partial charge >= 0.3 is 12.0 Å². The number of primary amides is 1. The lowest BCUT2D eigenvalue weighted by atomic mass is 10.1. The monoisotopic (exact) mass is 466 g/mol. The van der Waals surface area contributed by atoms with Gasteiger partial charge in [-0.2, -0.15) is 0 Å². The molecular weight excluding hydrogens is 436 g/mol. The molecule has 3 atom stereocenters. The fourth-order valence-electron chi connectivity index (χ4n) is 3.50. The van der Waals surface area contributed by atoms with E-state index in [0.29, 0.717) is 31.5 Å². The number of nitrogens with two attached hydrogens (primary N) is 2. The first-order valence-electron chi connectivity index (χ1n) is 10.6. The highest BCUT2D eigenvalue weighted by molar-refractivity contribution is 5.93. The van der Waals surface area contributed by atoms with Crippen molar-refractivity contribution in [2.75, 3.05) is 19.6 Å². The summed E-state index contributed by atoms with van der Waals surface area (Å²) in [5.74, 6) is -2.80. The number of amides is 5. The molecule has 9 N–H and O–H groups in total. The Morgan fingerprint density at radius 1 is 1.27 bits per heavy atom. The third-order valence-corrected chi connectivity index (χ3v) is 5.20. The van der Waals surface area contributed by atoms with Crippen LogP contribution >= 0.6 is 0 Å². The largest absolute Gasteiger partial charge is 0.480 e. The minimum absolute atomic E-state index is 0.0757. The van der Waals surface area contributed by atoms with Crippen molar-refractivity contribution < 1.29 is 29.1 Å². The van der Waals surface area contributed by atoms with E-state index in [2.05, 4.69) is 25.9 Å². The second-order valence-electron chi connectivity index (χ2n) is 7.68. The lowest BCUT2D eigenvalue weighted by molar-refractivity contribution is -0.144. The number of nitrogens with zero attached hydrogens (tertiary/aromatic N) is 2. The van der Waals surface area contributed by atoms with Gasteiger partial charge in [0.15, 0.2) is 0 Å². The Morgan fingerprint density at radius 3 is 2.67 bits per heavy atom. The predicted molar refractivity (Wildman–Crippen MR) is 114 cm³/mol. The van der Waals surface area contributed by atoms with E-state index in [1.165, 1.54) is 11.2 Å². The van der Waals surface area contributed by atoms with Crippen LogP contribution in [-0.4, -0.2) is 87.5 Å². The molecule has 14 nitrogen and oxygen atoms in total. The van der Waals surface area contributed by atoms with Crippen molar-refractivity contribution in [1.82, 2.24) is 30.8 Å². The summed E-state index contributed by atoms with van der Waals surface area (Å²) < 4.78 is 0. The molecule has 0 aliphatic carbocycles. The molecule has 1 saturated heterocycles. The minimum Gasteiger partial charge on any atom is -0.480 e. The van der Waals surface area contributed by atoms with Gasteiger partial charge in [-0.05, 0) is 25.7 Å². The van der Waals surface area contributed by atoms with Crippen molar-refractivity contribution in [3.63, 3.8) is 0 Å². The number of carboxylic acid groups (broad SMARTS) is 1. The van der Waals surface area contributed by atoms with E-state index in [1.54, 1.807) is 6.20 Å². The number of aliphatic carboxylic acids is 1. The Balaban J connectivity index is 1.83. The van der Waals surface area contributed by atoms with Crippen LogP contribution in [0.2, 0.25) is 0 Å². The molecule has 0 unspecified atom stereocenters. The molecule has 1 aromatic rings. The predicted octanol–water partition coefficient (Wildman–Crippen LogP) is -2.60. The lowest BCUT2D eigenvalue weighted by Crippen LogP contribution is -2.53. The highest BCUT2D eigenvalue weighted by Crippen LogP contribution is 2.18. The summed E-state index contributed by atoms with van der Waals surface area (Å²) in [6.45, 7) is 0.152. The van der Waals surface area contributed by atoms with Gasteiger partial charge < -0.3 is 42.4 Å². The zero-order valence-corrected chi connectivity index (χ0v) is 18.1. The van der Waals surface area contributed by atoms with Crippen molar-refractivity contribution in [2.24, 2.45) is 11.5 Å². The molecule has 2 heterocycles. The van der Waals surface area contributed by atoms with Crippen LogP contribution in [0, 0.1) is 0 Å². The van der Waals surface area contributed by atoms with E-state index >= 15 is 0 Å². The van der Waals surface area contributed by atoms with Crippen molar-refractivity contribution in [2.45, 2.75) is 50.2 Å². The van der Waals surface area contributed by atoms with E-state index in [4.69, 9.17) is 11.5 Å². The second kappa shape index (κ2) is 12.4. The summed E-state index contributed by atoms with van der Waals surface area (Å²) in [6, 6.07) is -3.61. The smallest absolute Gasteiger partial charge is 0.326 e. The van der Waals surface area contributed by atoms with Crippen LogP contribution in [0.1, 0.15) is 31.4 Å². The van der Waals surface area contributed by atoms with E-state index in [1.807, 2.05) is 0 Å². The zero-order valence-electron chi connectivity index (χ0n) is 18.1. The van der Waals surface area contributed by atoms with Crippen molar-refractivity contribution in [1.29, 1.82) is 0 Å². The molecule has 1 aliphatic heterocycles. The molecule has 1 fully saturated rings. The van der Waals surface area contributed by atoms with E-state index in [0.717, 1.165) is 0 Å². The summed E-state index contributed by atoms with van der Waals surface area (Å²) >= 11 is 0. The Morgan fingerprint density at radius 2 is 2.03 bits per heavy atom. The van der Waals surface area contributed by atoms with Crippen molar-refractivity contribution >= 4 is 29.7 Å². The van der Waals surface area contributed by atoms with E-state index in [9.17, 15) is 29.1 Å². The molecule has 14 heteroatoms. The number of aromatic nitrogens is 2. The van der Waals surface area contributed by atoms with Crippen LogP contribution in [0.25, 0.3) is 0 Å². The van der Waals surface area contributed by atoms with E-state index in [-0.39, 0.29) is 25.9 Å². The number of hydrogen-bond donors (Lipinski definition) is 7. The van der Waals surface area contributed by atoms with Gasteiger partial charge in [-0.1, -0.05) is 0 Å². The van der Waals surface area contributed by atoms with Gasteiger partial charge in [-0.25, -0.2) is 14.6 Å². The van der Waals surface area contributed by atoms with Gasteiger partial charge in [0.1, 0.15) is 12.1 Å². The first-order chi connectivity index (χ1) is 15.7. The molecule has 0 spiro atoms. The molecular formula is C19H30N8O6. The standard InChI is InChI=1S/C19H30N8O6/c20-12(7-11-8-22-10-25-11)16(29)24-9-15(28)27-6-2-4-14(27)17(30)26-13(18(31)32)3-1-5-23-19(21)33/h8,10,12-14H,1-7,9,20H2,(H,22,25)(H,24,29)(H,26,30)(H,31,32)(H3,21,23,33)/t12-,13-,14-/m0/s1. The highest BCUT2D eigenvalue weighted by Gasteiger charge is 2.35. The number of carboxylic acids is 1. The molecule has 0 saturated carbocycles. The first-order valence-corrected chi connectivity index (χ1v) is 10.6. The van der Waals surface area contributed by atoms with Gasteiger partial charge in [0.2, 0.25) is 17.7 Å². The number of urea groups is 1. The Hall–Kier alpha value is -3.68. The molecule has 182 valence electrons. The number of likely N-dealkylation sites (tertiary alicyclic amines) is 1. The van der Waals surface area contributed by atoms with Crippen LogP contribution in [0.15, 0.2) is 12.5 Å². The Kier molecular flexibility index (Phi) is 9.60. The van der Waals surface area contributed by atoms with Crippen LogP contribution in [0.4, 0.5) is 4.79 Å². The maximum Gasteiger partial charge on any atom is 0.326 e. The molecule has 0 bridgehead atoms. The molecule has 5 amide bonds.